The molecule has 0 N–H and O–H groups in total. The van der Waals surface area contributed by atoms with Crippen molar-refractivity contribution in [1.29, 1.82) is 0 Å². The fourth-order valence-corrected chi connectivity index (χ4v) is 3.71. The fourth-order valence-electron chi connectivity index (χ4n) is 3.71. The summed E-state index contributed by atoms with van der Waals surface area (Å²) in [6.07, 6.45) is 6.65. The summed E-state index contributed by atoms with van der Waals surface area (Å²) in [7, 11) is 0. The summed E-state index contributed by atoms with van der Waals surface area (Å²) < 4.78 is 20.5. The Morgan fingerprint density at radius 2 is 0.471 bits per heavy atom. The monoisotopic (exact) mass is 941 g/mol. The largest absolute Gasteiger partial charge is 0.473 e. The first-order valence-corrected chi connectivity index (χ1v) is 25.6. The lowest BCUT2D eigenvalue weighted by Gasteiger charge is -2.05. The van der Waals surface area contributed by atoms with Gasteiger partial charge in [-0.25, -0.2) is 0 Å². The van der Waals surface area contributed by atoms with Crippen LogP contribution in [-0.4, -0.2) is 0 Å². The molecular weight excluding hydrogens is 833 g/mol. The Morgan fingerprint density at radius 1 is 0.250 bits per heavy atom. The van der Waals surface area contributed by atoms with E-state index in [9.17, 15) is 0 Å². The van der Waals surface area contributed by atoms with E-state index in [1.807, 2.05) is 192 Å². The van der Waals surface area contributed by atoms with Crippen LogP contribution in [0.2, 0.25) is 0 Å². The van der Waals surface area contributed by atoms with Crippen LogP contribution in [0.1, 0.15) is 194 Å². The Kier molecular flexibility index (Phi) is 50.2. The minimum atomic E-state index is 0.500. The molecule has 8 aromatic rings. The van der Waals surface area contributed by atoms with Crippen molar-refractivity contribution in [2.45, 2.75) is 194 Å². The zero-order chi connectivity index (χ0) is 54.4. The Morgan fingerprint density at radius 3 is 0.691 bits per heavy atom. The smallest absolute Gasteiger partial charge is 0.135 e. The number of hydrogen-bond acceptors (Lipinski definition) is 4. The molecule has 0 aliphatic heterocycles. The predicted molar refractivity (Wildman–Crippen MR) is 313 cm³/mol. The lowest BCUT2D eigenvalue weighted by atomic mass is 10.0. The summed E-state index contributed by atoms with van der Waals surface area (Å²) in [5.74, 6) is 0. The standard InChI is InChI=1S/C12H8O.2C8H6O.4C5H12.C4H4O.6C2H6/c1-3-7-11-9(5-1)10-6-2-4-8-12(10)13-11;2*1-2-4-8-7(3-1)5-6-9-8;4*1-5(2,3)4;1-2-4-5-3-1;6*1-2/h1-8H;2*1-6H;4*1-4H3;1-4H;6*1-2H3. The number of hydrogen-bond donors (Lipinski definition) is 0. The molecule has 0 unspecified atom stereocenters. The molecule has 0 fully saturated rings. The summed E-state index contributed by atoms with van der Waals surface area (Å²) in [6.45, 7) is 59.0. The Bertz CT molecular complexity index is 1860. The van der Waals surface area contributed by atoms with Crippen molar-refractivity contribution < 1.29 is 17.7 Å². The van der Waals surface area contributed by atoms with Crippen LogP contribution in [0.4, 0.5) is 0 Å². The van der Waals surface area contributed by atoms with Gasteiger partial charge in [-0.15, -0.1) is 0 Å². The molecule has 0 saturated heterocycles. The second-order valence-electron chi connectivity index (χ2n) is 19.8. The third-order valence-electron chi connectivity index (χ3n) is 5.43. The van der Waals surface area contributed by atoms with Gasteiger partial charge in [0.25, 0.3) is 0 Å². The predicted octanol–water partition coefficient (Wildman–Crippen LogP) is 24.1. The number of benzene rings is 4. The molecular formula is C64H108O4. The molecule has 8 rings (SSSR count). The first kappa shape index (κ1) is 74.6. The maximum Gasteiger partial charge on any atom is 0.135 e. The average molecular weight is 942 g/mol. The highest BCUT2D eigenvalue weighted by atomic mass is 16.3. The van der Waals surface area contributed by atoms with Crippen LogP contribution in [0, 0.1) is 21.7 Å². The molecule has 4 nitrogen and oxygen atoms in total. The minimum Gasteiger partial charge on any atom is -0.473 e. The van der Waals surface area contributed by atoms with E-state index in [-0.39, 0.29) is 0 Å². The van der Waals surface area contributed by atoms with Crippen molar-refractivity contribution in [2.24, 2.45) is 21.7 Å². The first-order chi connectivity index (χ1) is 31.9. The fraction of sp³-hybridized carbons (Fsp3) is 0.500. The molecule has 4 aromatic carbocycles. The lowest BCUT2D eigenvalue weighted by molar-refractivity contribution is 0.469. The van der Waals surface area contributed by atoms with Crippen molar-refractivity contribution in [2.75, 3.05) is 0 Å². The third-order valence-corrected chi connectivity index (χ3v) is 5.43. The molecule has 0 amide bonds. The number of rotatable bonds is 0. The molecule has 0 radical (unpaired) electrons. The summed E-state index contributed by atoms with van der Waals surface area (Å²) in [4.78, 5) is 0. The highest BCUT2D eigenvalue weighted by Gasteiger charge is 2.03. The first-order valence-electron chi connectivity index (χ1n) is 25.6. The van der Waals surface area contributed by atoms with E-state index in [0.29, 0.717) is 21.7 Å². The van der Waals surface area contributed by atoms with E-state index >= 15 is 0 Å². The van der Waals surface area contributed by atoms with Crippen LogP contribution in [-0.2, 0) is 0 Å². The van der Waals surface area contributed by atoms with Crippen molar-refractivity contribution >= 4 is 43.9 Å². The van der Waals surface area contributed by atoms with Crippen LogP contribution in [0.25, 0.3) is 43.9 Å². The maximum absolute atomic E-state index is 5.65. The Balaban J connectivity index is -0.000000161. The van der Waals surface area contributed by atoms with Crippen molar-refractivity contribution in [3.63, 3.8) is 0 Å². The second kappa shape index (κ2) is 45.8. The lowest BCUT2D eigenvalue weighted by Crippen LogP contribution is -1.93. The average Bonchev–Trinajstić information content (AvgIpc) is 4.15. The van der Waals surface area contributed by atoms with Crippen LogP contribution in [0.15, 0.2) is 164 Å². The summed E-state index contributed by atoms with van der Waals surface area (Å²) >= 11 is 0. The van der Waals surface area contributed by atoms with Gasteiger partial charge in [0.1, 0.15) is 22.3 Å². The van der Waals surface area contributed by atoms with Gasteiger partial charge in [0.15, 0.2) is 0 Å². The SMILES string of the molecule is CC.CC.CC.CC.CC.CC.CC(C)(C)C.CC(C)(C)C.CC(C)(C)C.CC(C)(C)C.c1ccc2c(c1)oc1ccccc12.c1ccc2occc2c1.c1ccc2occc2c1.c1ccoc1. The van der Waals surface area contributed by atoms with Gasteiger partial charge in [0.2, 0.25) is 0 Å². The summed E-state index contributed by atoms with van der Waals surface area (Å²) in [5.41, 5.74) is 5.84. The molecule has 0 saturated carbocycles. The molecule has 4 heteroatoms. The molecule has 68 heavy (non-hydrogen) atoms. The van der Waals surface area contributed by atoms with Crippen molar-refractivity contribution in [3.05, 3.63) is 146 Å². The number of furan rings is 4. The van der Waals surface area contributed by atoms with E-state index < -0.39 is 0 Å². The normalized spacial score (nSPS) is 9.47. The van der Waals surface area contributed by atoms with Crippen molar-refractivity contribution in [3.8, 4) is 0 Å². The highest BCUT2D eigenvalue weighted by Crippen LogP contribution is 2.27. The molecule has 388 valence electrons. The molecule has 4 aromatic heterocycles. The number of para-hydroxylation sites is 4. The second-order valence-corrected chi connectivity index (χ2v) is 19.8. The zero-order valence-electron chi connectivity index (χ0n) is 49.5. The van der Waals surface area contributed by atoms with Gasteiger partial charge < -0.3 is 17.7 Å². The van der Waals surface area contributed by atoms with E-state index in [2.05, 4.69) is 127 Å². The zero-order valence-corrected chi connectivity index (χ0v) is 49.5. The van der Waals surface area contributed by atoms with Gasteiger partial charge in [0, 0.05) is 21.5 Å². The summed E-state index contributed by atoms with van der Waals surface area (Å²) in [5, 5.41) is 4.71. The van der Waals surface area contributed by atoms with Gasteiger partial charge in [-0.05, 0) is 70.2 Å². The van der Waals surface area contributed by atoms with Crippen LogP contribution >= 0.6 is 0 Å². The molecule has 0 aliphatic carbocycles. The van der Waals surface area contributed by atoms with E-state index in [1.54, 1.807) is 25.1 Å². The summed E-state index contributed by atoms with van der Waals surface area (Å²) in [6, 6.07) is 39.7. The van der Waals surface area contributed by atoms with Gasteiger partial charge in [-0.3, -0.25) is 0 Å². The molecule has 0 aliphatic rings. The topological polar surface area (TPSA) is 52.6 Å². The van der Waals surface area contributed by atoms with E-state index in [1.165, 1.54) is 10.8 Å². The van der Waals surface area contributed by atoms with Crippen molar-refractivity contribution in [1.82, 2.24) is 0 Å². The van der Waals surface area contributed by atoms with Crippen LogP contribution in [0.3, 0.4) is 0 Å². The van der Waals surface area contributed by atoms with E-state index in [4.69, 9.17) is 13.3 Å². The quantitative estimate of drug-likeness (QED) is 0.152. The van der Waals surface area contributed by atoms with Gasteiger partial charge in [-0.1, -0.05) is 267 Å². The van der Waals surface area contributed by atoms with Gasteiger partial charge in [-0.2, -0.15) is 0 Å². The third kappa shape index (κ3) is 53.7. The Hall–Kier alpha value is -4.96. The molecule has 0 spiro atoms. The number of fused-ring (bicyclic) bond motifs is 5. The van der Waals surface area contributed by atoms with Gasteiger partial charge >= 0.3 is 0 Å². The minimum absolute atomic E-state index is 0.500. The molecule has 0 atom stereocenters. The van der Waals surface area contributed by atoms with Crippen LogP contribution < -0.4 is 0 Å². The van der Waals surface area contributed by atoms with E-state index in [0.717, 1.165) is 33.1 Å². The molecule has 0 bridgehead atoms. The van der Waals surface area contributed by atoms with Gasteiger partial charge in [0.05, 0.1) is 25.1 Å². The highest BCUT2D eigenvalue weighted by molar-refractivity contribution is 6.04. The maximum atomic E-state index is 5.65. The molecule has 4 heterocycles. The van der Waals surface area contributed by atoms with Crippen LogP contribution in [0.5, 0.6) is 0 Å². The Labute approximate surface area is 421 Å².